The Labute approximate surface area is 127 Å². The maximum Gasteiger partial charge on any atom is 0.222 e. The number of anilines is 1. The molecule has 0 aliphatic carbocycles. The molecular weight excluding hydrogens is 282 g/mol. The van der Waals surface area contributed by atoms with E-state index in [0.717, 1.165) is 11.3 Å². The van der Waals surface area contributed by atoms with Gasteiger partial charge in [0.25, 0.3) is 0 Å². The smallest absolute Gasteiger partial charge is 0.222 e. The third kappa shape index (κ3) is 2.73. The number of nitrogens with one attached hydrogen (secondary N) is 1. The number of carbonyl (C=O) groups is 1. The van der Waals surface area contributed by atoms with Crippen molar-refractivity contribution in [3.05, 3.63) is 36.4 Å². The Morgan fingerprint density at radius 3 is 2.86 bits per heavy atom. The van der Waals surface area contributed by atoms with E-state index in [1.54, 1.807) is 24.5 Å². The molecule has 7 heteroatoms. The fourth-order valence-electron chi connectivity index (χ4n) is 2.08. The zero-order valence-electron chi connectivity index (χ0n) is 12.5. The molecule has 0 aliphatic heterocycles. The van der Waals surface area contributed by atoms with Crippen LogP contribution in [0.2, 0.25) is 0 Å². The lowest BCUT2D eigenvalue weighted by Crippen LogP contribution is -2.07. The van der Waals surface area contributed by atoms with E-state index >= 15 is 0 Å². The van der Waals surface area contributed by atoms with E-state index in [0.29, 0.717) is 23.0 Å². The number of carbonyl (C=O) groups excluding carboxylic acids is 1. The summed E-state index contributed by atoms with van der Waals surface area (Å²) in [6, 6.07) is 5.24. The van der Waals surface area contributed by atoms with E-state index in [1.807, 2.05) is 24.6 Å². The molecule has 3 rings (SSSR count). The van der Waals surface area contributed by atoms with Gasteiger partial charge in [-0.2, -0.15) is 0 Å². The fourth-order valence-corrected chi connectivity index (χ4v) is 2.08. The van der Waals surface area contributed by atoms with Gasteiger partial charge < -0.3 is 14.6 Å². The largest absolute Gasteiger partial charge is 0.455 e. The van der Waals surface area contributed by atoms with Gasteiger partial charge in [-0.3, -0.25) is 4.79 Å². The summed E-state index contributed by atoms with van der Waals surface area (Å²) in [5.74, 6) is 2.30. The summed E-state index contributed by atoms with van der Waals surface area (Å²) in [7, 11) is 1.93. The van der Waals surface area contributed by atoms with Crippen LogP contribution in [0.1, 0.15) is 12.7 Å². The summed E-state index contributed by atoms with van der Waals surface area (Å²) in [6.07, 6.45) is 3.19. The Kier molecular flexibility index (Phi) is 3.46. The van der Waals surface area contributed by atoms with Crippen LogP contribution in [0.15, 0.2) is 30.6 Å². The number of hydrogen-bond acceptors (Lipinski definition) is 5. The average Bonchev–Trinajstić information content (AvgIpc) is 2.74. The highest BCUT2D eigenvalue weighted by Crippen LogP contribution is 2.25. The third-order valence-electron chi connectivity index (χ3n) is 3.21. The number of aryl methyl sites for hydroxylation is 2. The van der Waals surface area contributed by atoms with Crippen molar-refractivity contribution in [2.24, 2.45) is 7.05 Å². The molecule has 7 nitrogen and oxygen atoms in total. The fraction of sp³-hybridized carbons (Fsp3) is 0.200. The molecule has 112 valence electrons. The molecule has 0 saturated heterocycles. The van der Waals surface area contributed by atoms with Crippen molar-refractivity contribution in [1.29, 1.82) is 0 Å². The SMILES string of the molecule is CC(=O)Nc1cc(Oc2cnc3nc(C)n(C)c3c2)ccn1. The lowest BCUT2D eigenvalue weighted by Gasteiger charge is -2.07. The van der Waals surface area contributed by atoms with Crippen molar-refractivity contribution in [3.8, 4) is 11.5 Å². The van der Waals surface area contributed by atoms with Gasteiger partial charge in [0.2, 0.25) is 5.91 Å². The third-order valence-corrected chi connectivity index (χ3v) is 3.21. The van der Waals surface area contributed by atoms with Crippen LogP contribution in [0.3, 0.4) is 0 Å². The second-order valence-corrected chi connectivity index (χ2v) is 4.89. The first-order chi connectivity index (χ1) is 10.5. The Morgan fingerprint density at radius 2 is 2.09 bits per heavy atom. The number of amides is 1. The Balaban J connectivity index is 1.89. The summed E-state index contributed by atoms with van der Waals surface area (Å²) in [5.41, 5.74) is 1.58. The molecule has 0 aromatic carbocycles. The Morgan fingerprint density at radius 1 is 1.27 bits per heavy atom. The predicted molar refractivity (Wildman–Crippen MR) is 81.9 cm³/mol. The lowest BCUT2D eigenvalue weighted by atomic mass is 10.4. The van der Waals surface area contributed by atoms with Crippen molar-refractivity contribution in [2.45, 2.75) is 13.8 Å². The van der Waals surface area contributed by atoms with Gasteiger partial charge in [-0.05, 0) is 13.0 Å². The minimum Gasteiger partial charge on any atom is -0.455 e. The minimum absolute atomic E-state index is 0.182. The molecule has 3 aromatic rings. The molecule has 0 atom stereocenters. The molecule has 0 bridgehead atoms. The highest BCUT2D eigenvalue weighted by atomic mass is 16.5. The van der Waals surface area contributed by atoms with Crippen LogP contribution in [-0.2, 0) is 11.8 Å². The number of ether oxygens (including phenoxy) is 1. The van der Waals surface area contributed by atoms with Crippen LogP contribution >= 0.6 is 0 Å². The number of imidazole rings is 1. The zero-order valence-corrected chi connectivity index (χ0v) is 12.5. The van der Waals surface area contributed by atoms with Gasteiger partial charge >= 0.3 is 0 Å². The molecule has 1 N–H and O–H groups in total. The van der Waals surface area contributed by atoms with E-state index < -0.39 is 0 Å². The zero-order chi connectivity index (χ0) is 15.7. The minimum atomic E-state index is -0.182. The van der Waals surface area contributed by atoms with Gasteiger partial charge in [0.1, 0.15) is 23.1 Å². The molecular formula is C15H15N5O2. The number of hydrogen-bond donors (Lipinski definition) is 1. The maximum atomic E-state index is 11.1. The number of aromatic nitrogens is 4. The van der Waals surface area contributed by atoms with Crippen molar-refractivity contribution in [1.82, 2.24) is 19.5 Å². The first-order valence-electron chi connectivity index (χ1n) is 6.73. The number of pyridine rings is 2. The quantitative estimate of drug-likeness (QED) is 0.803. The van der Waals surface area contributed by atoms with Crippen LogP contribution in [0.4, 0.5) is 5.82 Å². The molecule has 0 fully saturated rings. The predicted octanol–water partition coefficient (Wildman–Crippen LogP) is 2.42. The monoisotopic (exact) mass is 297 g/mol. The summed E-state index contributed by atoms with van der Waals surface area (Å²) >= 11 is 0. The Hall–Kier alpha value is -2.96. The van der Waals surface area contributed by atoms with Gasteiger partial charge in [-0.15, -0.1) is 0 Å². The van der Waals surface area contributed by atoms with Gasteiger partial charge in [0.15, 0.2) is 5.65 Å². The van der Waals surface area contributed by atoms with Gasteiger partial charge in [0.05, 0.1) is 11.7 Å². The average molecular weight is 297 g/mol. The van der Waals surface area contributed by atoms with Crippen LogP contribution in [0.5, 0.6) is 11.5 Å². The van der Waals surface area contributed by atoms with Crippen molar-refractivity contribution < 1.29 is 9.53 Å². The first kappa shape index (κ1) is 14.0. The van der Waals surface area contributed by atoms with E-state index in [-0.39, 0.29) is 5.91 Å². The second-order valence-electron chi connectivity index (χ2n) is 4.89. The topological polar surface area (TPSA) is 81.9 Å². The number of rotatable bonds is 3. The lowest BCUT2D eigenvalue weighted by molar-refractivity contribution is -0.114. The van der Waals surface area contributed by atoms with Gasteiger partial charge in [-0.1, -0.05) is 0 Å². The summed E-state index contributed by atoms with van der Waals surface area (Å²) in [6.45, 7) is 3.35. The molecule has 0 spiro atoms. The molecule has 0 aliphatic rings. The van der Waals surface area contributed by atoms with Gasteiger partial charge in [-0.25, -0.2) is 15.0 Å². The van der Waals surface area contributed by atoms with Crippen LogP contribution in [0, 0.1) is 6.92 Å². The first-order valence-corrected chi connectivity index (χ1v) is 6.73. The van der Waals surface area contributed by atoms with E-state index in [9.17, 15) is 4.79 Å². The van der Waals surface area contributed by atoms with Crippen LogP contribution in [-0.4, -0.2) is 25.4 Å². The number of fused-ring (bicyclic) bond motifs is 1. The van der Waals surface area contributed by atoms with Crippen LogP contribution in [0.25, 0.3) is 11.2 Å². The molecule has 3 aromatic heterocycles. The van der Waals surface area contributed by atoms with Crippen LogP contribution < -0.4 is 10.1 Å². The van der Waals surface area contributed by atoms with E-state index in [4.69, 9.17) is 4.74 Å². The molecule has 22 heavy (non-hydrogen) atoms. The normalized spacial score (nSPS) is 10.7. The molecule has 1 amide bonds. The van der Waals surface area contributed by atoms with Gasteiger partial charge in [0, 0.05) is 32.3 Å². The highest BCUT2D eigenvalue weighted by molar-refractivity contribution is 5.87. The summed E-state index contributed by atoms with van der Waals surface area (Å²) < 4.78 is 7.73. The second kappa shape index (κ2) is 5.44. The summed E-state index contributed by atoms with van der Waals surface area (Å²) in [5, 5.41) is 2.61. The molecule has 0 radical (unpaired) electrons. The molecule has 3 heterocycles. The maximum absolute atomic E-state index is 11.1. The molecule has 0 unspecified atom stereocenters. The van der Waals surface area contributed by atoms with Crippen molar-refractivity contribution in [2.75, 3.05) is 5.32 Å². The van der Waals surface area contributed by atoms with Crippen molar-refractivity contribution in [3.63, 3.8) is 0 Å². The van der Waals surface area contributed by atoms with E-state index in [2.05, 4.69) is 20.3 Å². The Bertz CT molecular complexity index is 856. The van der Waals surface area contributed by atoms with Crippen molar-refractivity contribution >= 4 is 22.9 Å². The summed E-state index contributed by atoms with van der Waals surface area (Å²) in [4.78, 5) is 23.7. The molecule has 0 saturated carbocycles. The standard InChI is InChI=1S/C15H15N5O2/c1-9-18-15-13(20(9)3)6-12(8-17-15)22-11-4-5-16-14(7-11)19-10(2)21/h4-8H,1-3H3,(H,16,19,21). The highest BCUT2D eigenvalue weighted by Gasteiger charge is 2.08. The number of nitrogens with zero attached hydrogens (tertiary/aromatic N) is 4. The van der Waals surface area contributed by atoms with E-state index in [1.165, 1.54) is 6.92 Å².